The van der Waals surface area contributed by atoms with Crippen molar-refractivity contribution in [2.45, 2.75) is 57.7 Å². The zero-order valence-corrected chi connectivity index (χ0v) is 16.3. The van der Waals surface area contributed by atoms with Gasteiger partial charge in [-0.2, -0.15) is 0 Å². The van der Waals surface area contributed by atoms with E-state index in [2.05, 4.69) is 16.0 Å². The number of aliphatic carboxylic acids is 1. The first-order valence-corrected chi connectivity index (χ1v) is 9.80. The first-order valence-electron chi connectivity index (χ1n) is 9.80. The zero-order valence-electron chi connectivity index (χ0n) is 16.3. The number of likely N-dealkylation sites (N-methyl/N-ethyl adjacent to an activating group) is 1. The molecule has 2 aliphatic rings. The summed E-state index contributed by atoms with van der Waals surface area (Å²) >= 11 is 0. The summed E-state index contributed by atoms with van der Waals surface area (Å²) in [5, 5.41) is 17.6. The summed E-state index contributed by atoms with van der Waals surface area (Å²) in [6.07, 6.45) is 3.51. The van der Waals surface area contributed by atoms with Crippen LogP contribution in [-0.2, 0) is 4.79 Å². The summed E-state index contributed by atoms with van der Waals surface area (Å²) in [6.45, 7) is 4.51. The van der Waals surface area contributed by atoms with E-state index in [4.69, 9.17) is 5.11 Å². The molecule has 0 radical (unpaired) electrons. The zero-order chi connectivity index (χ0) is 20.3. The molecule has 1 aromatic carbocycles. The number of carboxylic acids is 1. The van der Waals surface area contributed by atoms with Gasteiger partial charge in [0.15, 0.2) is 0 Å². The molecule has 0 spiro atoms. The van der Waals surface area contributed by atoms with E-state index in [-0.39, 0.29) is 36.6 Å². The molecule has 0 saturated heterocycles. The molecule has 4 N–H and O–H groups in total. The average Bonchev–Trinajstić information content (AvgIpc) is 3.41. The van der Waals surface area contributed by atoms with Crippen molar-refractivity contribution in [2.24, 2.45) is 0 Å². The van der Waals surface area contributed by atoms with Gasteiger partial charge in [-0.25, -0.2) is 4.79 Å². The number of carboxylic acid groups (broad SMARTS) is 1. The highest BCUT2D eigenvalue weighted by Gasteiger charge is 2.34. The Balaban J connectivity index is 1.50. The van der Waals surface area contributed by atoms with E-state index in [1.807, 2.05) is 24.8 Å². The van der Waals surface area contributed by atoms with Crippen molar-refractivity contribution < 1.29 is 19.5 Å². The predicted molar refractivity (Wildman–Crippen MR) is 106 cm³/mol. The van der Waals surface area contributed by atoms with Crippen LogP contribution < -0.4 is 16.0 Å². The molecule has 152 valence electrons. The van der Waals surface area contributed by atoms with Crippen LogP contribution in [0, 0.1) is 6.92 Å². The Kier molecular flexibility index (Phi) is 6.18. The van der Waals surface area contributed by atoms with Crippen molar-refractivity contribution in [3.63, 3.8) is 0 Å². The fourth-order valence-corrected chi connectivity index (χ4v) is 3.41. The van der Waals surface area contributed by atoms with Crippen molar-refractivity contribution in [1.29, 1.82) is 0 Å². The molecule has 0 heterocycles. The number of nitrogens with one attached hydrogen (secondary N) is 3. The second kappa shape index (κ2) is 8.60. The molecule has 2 aliphatic carbocycles. The minimum atomic E-state index is -0.836. The molecule has 0 unspecified atom stereocenters. The maximum absolute atomic E-state index is 12.3. The van der Waals surface area contributed by atoms with Gasteiger partial charge in [0.05, 0.1) is 6.54 Å². The average molecular weight is 388 g/mol. The minimum Gasteiger partial charge on any atom is -0.480 e. The Hall–Kier alpha value is -2.61. The van der Waals surface area contributed by atoms with Gasteiger partial charge < -0.3 is 21.1 Å². The van der Waals surface area contributed by atoms with Gasteiger partial charge >= 0.3 is 12.0 Å². The van der Waals surface area contributed by atoms with Crippen LogP contribution in [0.5, 0.6) is 0 Å². The van der Waals surface area contributed by atoms with Crippen LogP contribution in [0.2, 0.25) is 0 Å². The lowest BCUT2D eigenvalue weighted by Crippen LogP contribution is -2.55. The summed E-state index contributed by atoms with van der Waals surface area (Å²) in [5.74, 6) is -0.956. The van der Waals surface area contributed by atoms with Crippen LogP contribution in [0.3, 0.4) is 0 Å². The molecular weight excluding hydrogens is 360 g/mol. The molecule has 0 atom stereocenters. The third kappa shape index (κ3) is 5.22. The summed E-state index contributed by atoms with van der Waals surface area (Å²) in [6, 6.07) is 5.45. The predicted octanol–water partition coefficient (Wildman–Crippen LogP) is 1.95. The van der Waals surface area contributed by atoms with Gasteiger partial charge in [-0.1, -0.05) is 13.0 Å². The lowest BCUT2D eigenvalue weighted by molar-refractivity contribution is -0.139. The Labute approximate surface area is 164 Å². The third-order valence-corrected chi connectivity index (χ3v) is 5.37. The van der Waals surface area contributed by atoms with Crippen molar-refractivity contribution >= 4 is 23.6 Å². The fraction of sp³-hybridized carbons (Fsp3) is 0.550. The van der Waals surface area contributed by atoms with E-state index < -0.39 is 5.97 Å². The molecule has 0 aliphatic heterocycles. The number of hydrogen-bond acceptors (Lipinski definition) is 4. The number of amides is 3. The molecule has 3 rings (SSSR count). The van der Waals surface area contributed by atoms with Crippen LogP contribution in [0.4, 0.5) is 10.5 Å². The maximum atomic E-state index is 12.3. The smallest absolute Gasteiger partial charge is 0.319 e. The molecule has 28 heavy (non-hydrogen) atoms. The van der Waals surface area contributed by atoms with Gasteiger partial charge in [0, 0.05) is 29.4 Å². The highest BCUT2D eigenvalue weighted by molar-refractivity contribution is 5.97. The summed E-state index contributed by atoms with van der Waals surface area (Å²) < 4.78 is 0. The van der Waals surface area contributed by atoms with E-state index in [9.17, 15) is 14.4 Å². The number of nitrogens with zero attached hydrogens (tertiary/aromatic N) is 1. The van der Waals surface area contributed by atoms with E-state index >= 15 is 0 Å². The molecule has 2 saturated carbocycles. The second-order valence-electron chi connectivity index (χ2n) is 7.65. The Morgan fingerprint density at radius 2 is 1.86 bits per heavy atom. The van der Waals surface area contributed by atoms with Gasteiger partial charge in [-0.15, -0.1) is 0 Å². The van der Waals surface area contributed by atoms with Gasteiger partial charge in [-0.3, -0.25) is 14.5 Å². The quantitative estimate of drug-likeness (QED) is 0.544. The normalized spacial score (nSPS) is 21.0. The minimum absolute atomic E-state index is 0.0227. The van der Waals surface area contributed by atoms with Gasteiger partial charge in [-0.05, 0) is 56.8 Å². The molecule has 2 fully saturated rings. The summed E-state index contributed by atoms with van der Waals surface area (Å²) in [7, 11) is 0. The number of hydrogen-bond donors (Lipinski definition) is 4. The monoisotopic (exact) mass is 388 g/mol. The van der Waals surface area contributed by atoms with E-state index in [1.165, 1.54) is 0 Å². The number of carbonyl (C=O) groups excluding carboxylic acids is 2. The summed E-state index contributed by atoms with van der Waals surface area (Å²) in [4.78, 5) is 37.3. The molecule has 3 amide bonds. The van der Waals surface area contributed by atoms with Gasteiger partial charge in [0.2, 0.25) is 0 Å². The van der Waals surface area contributed by atoms with Crippen LogP contribution in [0.1, 0.15) is 48.5 Å². The first-order chi connectivity index (χ1) is 13.4. The highest BCUT2D eigenvalue weighted by Crippen LogP contribution is 2.26. The topological polar surface area (TPSA) is 111 Å². The number of urea groups is 1. The first kappa shape index (κ1) is 20.1. The number of benzene rings is 1. The molecule has 0 bridgehead atoms. The second-order valence-corrected chi connectivity index (χ2v) is 7.65. The number of carbonyl (C=O) groups is 3. The number of anilines is 1. The van der Waals surface area contributed by atoms with Crippen molar-refractivity contribution in [1.82, 2.24) is 15.5 Å². The SMILES string of the molecule is CCN(CC(=O)O)C1CC(NC(=O)Nc2cc(C(=O)NC3CC3)ccc2C)C1. The molecule has 8 heteroatoms. The van der Waals surface area contributed by atoms with Crippen LogP contribution in [0.25, 0.3) is 0 Å². The number of rotatable bonds is 8. The molecule has 1 aromatic rings. The lowest BCUT2D eigenvalue weighted by atomic mass is 9.85. The van der Waals surface area contributed by atoms with Crippen LogP contribution >= 0.6 is 0 Å². The Bertz CT molecular complexity index is 757. The van der Waals surface area contributed by atoms with Gasteiger partial charge in [0.25, 0.3) is 5.91 Å². The fourth-order valence-electron chi connectivity index (χ4n) is 3.41. The van der Waals surface area contributed by atoms with Crippen LogP contribution in [-0.4, -0.2) is 59.1 Å². The van der Waals surface area contributed by atoms with Crippen molar-refractivity contribution in [3.05, 3.63) is 29.3 Å². The Morgan fingerprint density at radius 3 is 2.46 bits per heavy atom. The number of aryl methyl sites for hydroxylation is 1. The highest BCUT2D eigenvalue weighted by atomic mass is 16.4. The lowest BCUT2D eigenvalue weighted by Gasteiger charge is -2.42. The standard InChI is InChI=1S/C20H28N4O4/c1-3-24(11-18(25)26)16-9-15(10-16)22-20(28)23-17-8-13(5-4-12(17)2)19(27)21-14-6-7-14/h4-5,8,14-16H,3,6-7,9-11H2,1-2H3,(H,21,27)(H,25,26)(H2,22,23,28). The molecular formula is C20H28N4O4. The molecule has 0 aromatic heterocycles. The van der Waals surface area contributed by atoms with E-state index in [0.29, 0.717) is 17.8 Å². The van der Waals surface area contributed by atoms with E-state index in [1.54, 1.807) is 12.1 Å². The maximum Gasteiger partial charge on any atom is 0.319 e. The largest absolute Gasteiger partial charge is 0.480 e. The Morgan fingerprint density at radius 1 is 1.14 bits per heavy atom. The van der Waals surface area contributed by atoms with Gasteiger partial charge in [0.1, 0.15) is 0 Å². The third-order valence-electron chi connectivity index (χ3n) is 5.37. The van der Waals surface area contributed by atoms with Crippen molar-refractivity contribution in [3.8, 4) is 0 Å². The van der Waals surface area contributed by atoms with Crippen molar-refractivity contribution in [2.75, 3.05) is 18.4 Å². The van der Waals surface area contributed by atoms with Crippen LogP contribution in [0.15, 0.2) is 18.2 Å². The van der Waals surface area contributed by atoms with E-state index in [0.717, 1.165) is 31.2 Å². The molecule has 8 nitrogen and oxygen atoms in total. The summed E-state index contributed by atoms with van der Waals surface area (Å²) in [5.41, 5.74) is 2.02.